The third-order valence-electron chi connectivity index (χ3n) is 10.2. The van der Waals surface area contributed by atoms with Crippen LogP contribution in [0, 0.1) is 13.8 Å². The van der Waals surface area contributed by atoms with E-state index in [9.17, 15) is 14.4 Å². The molecule has 0 aliphatic carbocycles. The SMILES string of the molecule is Cc1cc(C[C@@H](OC(=O)N2CCC(N3CCc4ccccc4NC3=O)CC2)C(=O)N2CCN(C3CCOCC3)CC2)cc(C)c1N. The Hall–Kier alpha value is -3.83. The highest BCUT2D eigenvalue weighted by atomic mass is 16.6. The molecule has 248 valence electrons. The number of fused-ring (bicyclic) bond motifs is 1. The van der Waals surface area contributed by atoms with Crippen molar-refractivity contribution in [2.45, 2.75) is 70.6 Å². The van der Waals surface area contributed by atoms with Gasteiger partial charge in [0.25, 0.3) is 5.91 Å². The summed E-state index contributed by atoms with van der Waals surface area (Å²) in [5, 5.41) is 3.05. The third kappa shape index (κ3) is 7.25. The maximum Gasteiger partial charge on any atom is 0.410 e. The highest BCUT2D eigenvalue weighted by molar-refractivity contribution is 5.91. The van der Waals surface area contributed by atoms with Crippen molar-refractivity contribution in [2.75, 3.05) is 70.1 Å². The Morgan fingerprint density at radius 2 is 1.59 bits per heavy atom. The van der Waals surface area contributed by atoms with Crippen LogP contribution in [0.3, 0.4) is 0 Å². The average molecular weight is 633 g/mol. The number of anilines is 2. The van der Waals surface area contributed by atoms with Gasteiger partial charge >= 0.3 is 12.1 Å². The van der Waals surface area contributed by atoms with E-state index < -0.39 is 12.2 Å². The number of benzene rings is 2. The zero-order valence-electron chi connectivity index (χ0n) is 27.2. The molecule has 0 radical (unpaired) electrons. The Morgan fingerprint density at radius 3 is 2.28 bits per heavy atom. The number of hydrogen-bond acceptors (Lipinski definition) is 7. The standard InChI is InChI=1S/C35H48N6O5/c1-24-21-26(22-25(2)32(24)36)23-31(33(42)39-17-15-38(16-18-39)28-10-19-45-20-11-28)46-35(44)40-12-8-29(9-13-40)41-14-7-27-5-3-4-6-30(27)37-34(41)43/h3-6,21-22,28-29,31H,7-20,23,36H2,1-2H3,(H,37,43)/t31-/m1/s1. The van der Waals surface area contributed by atoms with Crippen LogP contribution in [0.1, 0.15) is 47.9 Å². The molecule has 3 saturated heterocycles. The van der Waals surface area contributed by atoms with E-state index in [0.29, 0.717) is 51.6 Å². The number of ether oxygens (including phenoxy) is 2. The summed E-state index contributed by atoms with van der Waals surface area (Å²) < 4.78 is 11.6. The van der Waals surface area contributed by atoms with Crippen molar-refractivity contribution in [2.24, 2.45) is 0 Å². The fraction of sp³-hybridized carbons (Fsp3) is 0.571. The van der Waals surface area contributed by atoms with E-state index in [1.807, 2.05) is 54.0 Å². The van der Waals surface area contributed by atoms with E-state index in [2.05, 4.69) is 16.3 Å². The van der Waals surface area contributed by atoms with E-state index in [4.69, 9.17) is 15.2 Å². The van der Waals surface area contributed by atoms with Gasteiger partial charge in [-0.1, -0.05) is 30.3 Å². The van der Waals surface area contributed by atoms with Gasteiger partial charge in [-0.2, -0.15) is 0 Å². The minimum atomic E-state index is -0.933. The molecule has 0 unspecified atom stereocenters. The molecule has 46 heavy (non-hydrogen) atoms. The number of nitrogens with two attached hydrogens (primary N) is 1. The average Bonchev–Trinajstić information content (AvgIpc) is 3.25. The van der Waals surface area contributed by atoms with Gasteiger partial charge in [-0.15, -0.1) is 0 Å². The van der Waals surface area contributed by atoms with Gasteiger partial charge in [0.05, 0.1) is 0 Å². The molecule has 4 amide bonds. The number of rotatable bonds is 6. The molecule has 2 aromatic carbocycles. The number of piperidine rings is 1. The lowest BCUT2D eigenvalue weighted by Gasteiger charge is -2.41. The Labute approximate surface area is 271 Å². The number of aryl methyl sites for hydroxylation is 2. The highest BCUT2D eigenvalue weighted by Gasteiger charge is 2.36. The van der Waals surface area contributed by atoms with Crippen LogP contribution in [0.2, 0.25) is 0 Å². The van der Waals surface area contributed by atoms with E-state index in [-0.39, 0.29) is 24.4 Å². The lowest BCUT2D eigenvalue weighted by atomic mass is 9.99. The summed E-state index contributed by atoms with van der Waals surface area (Å²) >= 11 is 0. The molecule has 6 rings (SSSR count). The molecule has 3 fully saturated rings. The molecular formula is C35H48N6O5. The van der Waals surface area contributed by atoms with E-state index >= 15 is 0 Å². The first-order chi connectivity index (χ1) is 22.3. The fourth-order valence-corrected chi connectivity index (χ4v) is 7.43. The van der Waals surface area contributed by atoms with Crippen LogP contribution in [0.5, 0.6) is 0 Å². The minimum Gasteiger partial charge on any atom is -0.436 e. The second-order valence-corrected chi connectivity index (χ2v) is 13.2. The Kier molecular flexibility index (Phi) is 9.98. The van der Waals surface area contributed by atoms with Gasteiger partial charge in [0.2, 0.25) is 0 Å². The molecule has 11 heteroatoms. The Balaban J connectivity index is 1.09. The maximum absolute atomic E-state index is 14.0. The first-order valence-corrected chi connectivity index (χ1v) is 16.8. The molecule has 11 nitrogen and oxygen atoms in total. The maximum atomic E-state index is 14.0. The summed E-state index contributed by atoms with van der Waals surface area (Å²) in [7, 11) is 0. The van der Waals surface area contributed by atoms with Crippen molar-refractivity contribution < 1.29 is 23.9 Å². The summed E-state index contributed by atoms with van der Waals surface area (Å²) in [6.07, 6.45) is 3.02. The van der Waals surface area contributed by atoms with E-state index in [1.165, 1.54) is 0 Å². The quantitative estimate of drug-likeness (QED) is 0.465. The number of amides is 4. The first-order valence-electron chi connectivity index (χ1n) is 16.8. The van der Waals surface area contributed by atoms with Gasteiger partial charge < -0.3 is 35.2 Å². The van der Waals surface area contributed by atoms with Crippen LogP contribution in [0.15, 0.2) is 36.4 Å². The minimum absolute atomic E-state index is 0.0311. The summed E-state index contributed by atoms with van der Waals surface area (Å²) in [5.74, 6) is -0.150. The predicted molar refractivity (Wildman–Crippen MR) is 177 cm³/mol. The molecular weight excluding hydrogens is 584 g/mol. The van der Waals surface area contributed by atoms with E-state index in [0.717, 1.165) is 79.2 Å². The lowest BCUT2D eigenvalue weighted by Crippen LogP contribution is -2.56. The molecule has 4 aliphatic heterocycles. The zero-order chi connectivity index (χ0) is 32.2. The molecule has 4 aliphatic rings. The summed E-state index contributed by atoms with van der Waals surface area (Å²) in [6.45, 7) is 9.88. The van der Waals surface area contributed by atoms with Crippen molar-refractivity contribution >= 4 is 29.4 Å². The topological polar surface area (TPSA) is 121 Å². The third-order valence-corrected chi connectivity index (χ3v) is 10.2. The van der Waals surface area contributed by atoms with Crippen molar-refractivity contribution in [1.82, 2.24) is 19.6 Å². The summed E-state index contributed by atoms with van der Waals surface area (Å²) in [4.78, 5) is 48.5. The van der Waals surface area contributed by atoms with Gasteiger partial charge in [-0.25, -0.2) is 9.59 Å². The predicted octanol–water partition coefficient (Wildman–Crippen LogP) is 3.81. The summed E-state index contributed by atoms with van der Waals surface area (Å²) in [5.41, 5.74) is 11.7. The second-order valence-electron chi connectivity index (χ2n) is 13.2. The molecule has 3 N–H and O–H groups in total. The number of nitrogen functional groups attached to an aromatic ring is 1. The fourth-order valence-electron chi connectivity index (χ4n) is 7.43. The van der Waals surface area contributed by atoms with Crippen molar-refractivity contribution in [1.29, 1.82) is 0 Å². The molecule has 0 spiro atoms. The first kappa shape index (κ1) is 32.1. The number of nitrogens with zero attached hydrogens (tertiary/aromatic N) is 4. The van der Waals surface area contributed by atoms with E-state index in [1.54, 1.807) is 4.90 Å². The number of urea groups is 1. The summed E-state index contributed by atoms with van der Waals surface area (Å²) in [6, 6.07) is 12.3. The second kappa shape index (κ2) is 14.3. The smallest absolute Gasteiger partial charge is 0.410 e. The van der Waals surface area contributed by atoms with Crippen LogP contribution in [-0.4, -0.2) is 115 Å². The van der Waals surface area contributed by atoms with Crippen LogP contribution in [0.25, 0.3) is 0 Å². The molecule has 2 aromatic rings. The lowest BCUT2D eigenvalue weighted by molar-refractivity contribution is -0.143. The Bertz CT molecular complexity index is 1390. The van der Waals surface area contributed by atoms with Crippen LogP contribution >= 0.6 is 0 Å². The van der Waals surface area contributed by atoms with Crippen LogP contribution < -0.4 is 11.1 Å². The van der Waals surface area contributed by atoms with Gasteiger partial charge in [0, 0.05) is 88.9 Å². The zero-order valence-corrected chi connectivity index (χ0v) is 27.2. The van der Waals surface area contributed by atoms with Crippen molar-refractivity contribution in [3.63, 3.8) is 0 Å². The molecule has 4 heterocycles. The van der Waals surface area contributed by atoms with Gasteiger partial charge in [0.1, 0.15) is 0 Å². The van der Waals surface area contributed by atoms with Crippen LogP contribution in [0.4, 0.5) is 21.0 Å². The number of likely N-dealkylation sites (tertiary alicyclic amines) is 1. The van der Waals surface area contributed by atoms with Crippen LogP contribution in [-0.2, 0) is 27.1 Å². The number of hydrogen-bond donors (Lipinski definition) is 2. The number of para-hydroxylation sites is 1. The van der Waals surface area contributed by atoms with Gasteiger partial charge in [-0.05, 0) is 74.3 Å². The number of carbonyl (C=O) groups is 3. The normalized spacial score (nSPS) is 20.9. The Morgan fingerprint density at radius 1 is 0.913 bits per heavy atom. The molecule has 1 atom stereocenters. The molecule has 0 saturated carbocycles. The molecule has 0 bridgehead atoms. The largest absolute Gasteiger partial charge is 0.436 e. The highest BCUT2D eigenvalue weighted by Crippen LogP contribution is 2.26. The van der Waals surface area contributed by atoms with Gasteiger partial charge in [-0.3, -0.25) is 9.69 Å². The van der Waals surface area contributed by atoms with Gasteiger partial charge in [0.15, 0.2) is 6.10 Å². The number of piperazine rings is 1. The monoisotopic (exact) mass is 632 g/mol. The van der Waals surface area contributed by atoms with Crippen molar-refractivity contribution in [3.05, 3.63) is 58.7 Å². The number of carbonyl (C=O) groups excluding carboxylic acids is 3. The molecule has 0 aromatic heterocycles. The number of nitrogens with one attached hydrogen (secondary N) is 1. The van der Waals surface area contributed by atoms with Crippen molar-refractivity contribution in [3.8, 4) is 0 Å².